The molecule has 0 aliphatic heterocycles. The number of carboxylic acids is 1. The summed E-state index contributed by atoms with van der Waals surface area (Å²) in [7, 11) is 1.99. The zero-order valence-electron chi connectivity index (χ0n) is 12.1. The third-order valence-electron chi connectivity index (χ3n) is 3.45. The molecule has 1 aliphatic rings. The van der Waals surface area contributed by atoms with E-state index in [2.05, 4.69) is 4.90 Å². The minimum Gasteiger partial charge on any atom is -0.478 e. The van der Waals surface area contributed by atoms with Crippen molar-refractivity contribution in [3.05, 3.63) is 34.9 Å². The Bertz CT molecular complexity index is 526. The summed E-state index contributed by atoms with van der Waals surface area (Å²) in [5.74, 6) is -0.204. The number of benzene rings is 1. The summed E-state index contributed by atoms with van der Waals surface area (Å²) >= 11 is 6.17. The average Bonchev–Trinajstić information content (AvgIpc) is 3.26. The van der Waals surface area contributed by atoms with Crippen molar-refractivity contribution in [1.29, 1.82) is 0 Å². The topological polar surface area (TPSA) is 49.8 Å². The highest BCUT2D eigenvalue weighted by atomic mass is 35.5. The summed E-state index contributed by atoms with van der Waals surface area (Å²) in [6.07, 6.45) is 5.18. The minimum absolute atomic E-state index is 0.538. The Morgan fingerprint density at radius 1 is 1.52 bits per heavy atom. The van der Waals surface area contributed by atoms with Gasteiger partial charge in [-0.25, -0.2) is 4.79 Å². The van der Waals surface area contributed by atoms with Crippen molar-refractivity contribution >= 4 is 29.3 Å². The van der Waals surface area contributed by atoms with Crippen LogP contribution in [0.3, 0.4) is 0 Å². The maximum absolute atomic E-state index is 10.5. The quantitative estimate of drug-likeness (QED) is 0.591. The first-order chi connectivity index (χ1) is 10.1. The second kappa shape index (κ2) is 7.48. The first-order valence-corrected chi connectivity index (χ1v) is 7.43. The lowest BCUT2D eigenvalue weighted by Gasteiger charge is -2.20. The van der Waals surface area contributed by atoms with E-state index in [1.54, 1.807) is 0 Å². The third kappa shape index (κ3) is 5.40. The van der Waals surface area contributed by atoms with Gasteiger partial charge in [-0.15, -0.1) is 0 Å². The molecular weight excluding hydrogens is 290 g/mol. The number of nitrogens with zero attached hydrogens (tertiary/aromatic N) is 1. The summed E-state index contributed by atoms with van der Waals surface area (Å²) in [4.78, 5) is 12.6. The van der Waals surface area contributed by atoms with Gasteiger partial charge >= 0.3 is 5.97 Å². The van der Waals surface area contributed by atoms with Crippen LogP contribution in [0.5, 0.6) is 0 Å². The van der Waals surface area contributed by atoms with E-state index in [4.69, 9.17) is 21.4 Å². The van der Waals surface area contributed by atoms with Crippen molar-refractivity contribution in [2.75, 3.05) is 31.7 Å². The van der Waals surface area contributed by atoms with Crippen LogP contribution in [0.15, 0.2) is 24.3 Å². The van der Waals surface area contributed by atoms with Crippen LogP contribution in [0.25, 0.3) is 6.08 Å². The van der Waals surface area contributed by atoms with Crippen LogP contribution in [0.4, 0.5) is 5.69 Å². The molecule has 4 nitrogen and oxygen atoms in total. The van der Waals surface area contributed by atoms with Gasteiger partial charge in [-0.05, 0) is 42.5 Å². The van der Waals surface area contributed by atoms with Crippen molar-refractivity contribution in [3.8, 4) is 0 Å². The van der Waals surface area contributed by atoms with Crippen LogP contribution >= 0.6 is 11.6 Å². The summed E-state index contributed by atoms with van der Waals surface area (Å²) in [5, 5.41) is 9.16. The van der Waals surface area contributed by atoms with Gasteiger partial charge in [-0.2, -0.15) is 0 Å². The van der Waals surface area contributed by atoms with Crippen LogP contribution < -0.4 is 4.90 Å². The van der Waals surface area contributed by atoms with E-state index in [1.807, 2.05) is 25.2 Å². The summed E-state index contributed by atoms with van der Waals surface area (Å²) in [6.45, 7) is 2.37. The first kappa shape index (κ1) is 15.9. The van der Waals surface area contributed by atoms with Gasteiger partial charge in [0.2, 0.25) is 0 Å². The van der Waals surface area contributed by atoms with Crippen molar-refractivity contribution in [1.82, 2.24) is 0 Å². The lowest BCUT2D eigenvalue weighted by Crippen LogP contribution is -2.22. The van der Waals surface area contributed by atoms with E-state index in [-0.39, 0.29) is 0 Å². The van der Waals surface area contributed by atoms with Gasteiger partial charge in [0.15, 0.2) is 0 Å². The molecule has 5 heteroatoms. The predicted molar refractivity (Wildman–Crippen MR) is 84.9 cm³/mol. The van der Waals surface area contributed by atoms with Gasteiger partial charge < -0.3 is 14.7 Å². The molecule has 21 heavy (non-hydrogen) atoms. The molecule has 0 aromatic heterocycles. The van der Waals surface area contributed by atoms with Crippen LogP contribution in [0.2, 0.25) is 5.02 Å². The largest absolute Gasteiger partial charge is 0.478 e. The predicted octanol–water partition coefficient (Wildman–Crippen LogP) is 3.30. The molecule has 0 spiro atoms. The van der Waals surface area contributed by atoms with Crippen molar-refractivity contribution in [2.45, 2.75) is 12.8 Å². The molecule has 0 unspecified atom stereocenters. The standard InChI is InChI=1S/C16H20ClNO3/c1-18(8-9-21-11-12-2-3-12)14-6-4-13(15(17)10-14)5-7-16(19)20/h4-7,10,12H,2-3,8-9,11H2,1H3,(H,19,20)/b7-5+. The molecule has 114 valence electrons. The molecule has 0 heterocycles. The Morgan fingerprint density at radius 2 is 2.29 bits per heavy atom. The van der Waals surface area contributed by atoms with E-state index < -0.39 is 5.97 Å². The monoisotopic (exact) mass is 309 g/mol. The van der Waals surface area contributed by atoms with Crippen LogP contribution in [0, 0.1) is 5.92 Å². The fourth-order valence-corrected chi connectivity index (χ4v) is 2.15. The Labute approximate surface area is 130 Å². The smallest absolute Gasteiger partial charge is 0.328 e. The number of likely N-dealkylation sites (N-methyl/N-ethyl adjacent to an activating group) is 1. The molecule has 0 bridgehead atoms. The van der Waals surface area contributed by atoms with Crippen molar-refractivity contribution in [3.63, 3.8) is 0 Å². The molecule has 1 aliphatic carbocycles. The zero-order valence-corrected chi connectivity index (χ0v) is 12.8. The van der Waals surface area contributed by atoms with E-state index in [9.17, 15) is 4.79 Å². The SMILES string of the molecule is CN(CCOCC1CC1)c1ccc(/C=C/C(=O)O)c(Cl)c1. The van der Waals surface area contributed by atoms with Crippen LogP contribution in [-0.2, 0) is 9.53 Å². The number of rotatable bonds is 8. The second-order valence-electron chi connectivity index (χ2n) is 5.32. The number of ether oxygens (including phenoxy) is 1. The van der Waals surface area contributed by atoms with Crippen LogP contribution in [-0.4, -0.2) is 37.9 Å². The zero-order chi connectivity index (χ0) is 15.2. The maximum Gasteiger partial charge on any atom is 0.328 e. The van der Waals surface area contributed by atoms with E-state index in [0.29, 0.717) is 17.2 Å². The molecule has 0 atom stereocenters. The summed E-state index contributed by atoms with van der Waals surface area (Å²) < 4.78 is 5.62. The average molecular weight is 310 g/mol. The van der Waals surface area contributed by atoms with E-state index >= 15 is 0 Å². The Hall–Kier alpha value is -1.52. The fourth-order valence-electron chi connectivity index (χ4n) is 1.91. The maximum atomic E-state index is 10.5. The molecule has 1 N–H and O–H groups in total. The van der Waals surface area contributed by atoms with Crippen molar-refractivity contribution in [2.24, 2.45) is 5.92 Å². The first-order valence-electron chi connectivity index (χ1n) is 7.05. The molecule has 2 rings (SSSR count). The Kier molecular flexibility index (Phi) is 5.65. The number of hydrogen-bond acceptors (Lipinski definition) is 3. The van der Waals surface area contributed by atoms with Crippen molar-refractivity contribution < 1.29 is 14.6 Å². The number of hydrogen-bond donors (Lipinski definition) is 1. The minimum atomic E-state index is -0.986. The molecular formula is C16H20ClNO3. The number of anilines is 1. The molecule has 0 saturated heterocycles. The third-order valence-corrected chi connectivity index (χ3v) is 3.78. The van der Waals surface area contributed by atoms with Gasteiger partial charge in [0.05, 0.1) is 6.61 Å². The summed E-state index contributed by atoms with van der Waals surface area (Å²) in [6, 6.07) is 5.58. The highest BCUT2D eigenvalue weighted by molar-refractivity contribution is 6.32. The Balaban J connectivity index is 1.86. The van der Waals surface area contributed by atoms with Gasteiger partial charge in [0, 0.05) is 37.0 Å². The highest BCUT2D eigenvalue weighted by Crippen LogP contribution is 2.28. The molecule has 1 fully saturated rings. The molecule has 0 amide bonds. The second-order valence-corrected chi connectivity index (χ2v) is 5.72. The lowest BCUT2D eigenvalue weighted by molar-refractivity contribution is -0.131. The lowest BCUT2D eigenvalue weighted by atomic mass is 10.2. The molecule has 1 saturated carbocycles. The number of halogens is 1. The number of carboxylic acid groups (broad SMARTS) is 1. The van der Waals surface area contributed by atoms with E-state index in [0.717, 1.165) is 30.8 Å². The number of aliphatic carboxylic acids is 1. The Morgan fingerprint density at radius 3 is 2.90 bits per heavy atom. The molecule has 1 aromatic carbocycles. The van der Waals surface area contributed by atoms with Gasteiger partial charge in [0.1, 0.15) is 0 Å². The van der Waals surface area contributed by atoms with Gasteiger partial charge in [0.25, 0.3) is 0 Å². The summed E-state index contributed by atoms with van der Waals surface area (Å²) in [5.41, 5.74) is 1.68. The number of carbonyl (C=O) groups is 1. The van der Waals surface area contributed by atoms with Crippen LogP contribution in [0.1, 0.15) is 18.4 Å². The molecule has 1 aromatic rings. The van der Waals surface area contributed by atoms with Gasteiger partial charge in [-0.1, -0.05) is 17.7 Å². The normalized spacial score (nSPS) is 14.6. The fraction of sp³-hybridized carbons (Fsp3) is 0.438. The van der Waals surface area contributed by atoms with E-state index in [1.165, 1.54) is 18.9 Å². The molecule has 0 radical (unpaired) electrons. The van der Waals surface area contributed by atoms with Gasteiger partial charge in [-0.3, -0.25) is 0 Å². The highest BCUT2D eigenvalue weighted by Gasteiger charge is 2.20.